The van der Waals surface area contributed by atoms with Gasteiger partial charge in [0.05, 0.1) is 0 Å². The van der Waals surface area contributed by atoms with Gasteiger partial charge < -0.3 is 35.6 Å². The van der Waals surface area contributed by atoms with Crippen LogP contribution in [0.3, 0.4) is 0 Å². The van der Waals surface area contributed by atoms with Crippen LogP contribution in [0.25, 0.3) is 0 Å². The average molecular weight is 370 g/mol. The van der Waals surface area contributed by atoms with Crippen LogP contribution in [-0.4, -0.2) is 11.0 Å². The first-order valence-electron chi connectivity index (χ1n) is 0.239. The second-order valence-corrected chi connectivity index (χ2v) is 3.33. The maximum atomic E-state index is 4.88. The fraction of sp³-hybridized carbons (Fsp3) is 0. The van der Waals surface area contributed by atoms with Crippen molar-refractivity contribution in [3.8, 4) is 0 Å². The van der Waals surface area contributed by atoms with E-state index in [0.29, 0.717) is 0 Å². The molecule has 0 bridgehead atoms. The minimum absolute atomic E-state index is 0. The zero-order valence-corrected chi connectivity index (χ0v) is 8.68. The SMILES string of the molecule is N.N.N.N.O.O.[Cl][Pt][Cl]. The monoisotopic (exact) mass is 369 g/mol. The van der Waals surface area contributed by atoms with E-state index in [2.05, 4.69) is 0 Å². The van der Waals surface area contributed by atoms with Crippen molar-refractivity contribution in [3.63, 3.8) is 0 Å². The standard InChI is InChI=1S/2ClH.4H3N.2H2O.Pt/h2*1H;4*1H3;2*1H2;/q;;;;;;;;+2/p-2. The molecule has 72 valence electrons. The van der Waals surface area contributed by atoms with Crippen molar-refractivity contribution in [1.82, 2.24) is 24.6 Å². The quantitative estimate of drug-likeness (QED) is 0.477. The summed E-state index contributed by atoms with van der Waals surface area (Å²) in [5.74, 6) is 0. The summed E-state index contributed by atoms with van der Waals surface area (Å²) in [6.07, 6.45) is 0. The zero-order valence-electron chi connectivity index (χ0n) is 4.90. The van der Waals surface area contributed by atoms with E-state index in [-0.39, 0.29) is 35.6 Å². The first kappa shape index (κ1) is 89.1. The fourth-order valence-electron chi connectivity index (χ4n) is 0. The fourth-order valence-corrected chi connectivity index (χ4v) is 0. The van der Waals surface area contributed by atoms with Gasteiger partial charge in [0.25, 0.3) is 0 Å². The van der Waals surface area contributed by atoms with Crippen LogP contribution in [0.1, 0.15) is 0 Å². The van der Waals surface area contributed by atoms with E-state index in [1.165, 1.54) is 0 Å². The molecule has 9 heavy (non-hydrogen) atoms. The van der Waals surface area contributed by atoms with Gasteiger partial charge in [-0.2, -0.15) is 0 Å². The van der Waals surface area contributed by atoms with Crippen LogP contribution < -0.4 is 24.6 Å². The Morgan fingerprint density at radius 2 is 0.667 bits per heavy atom. The summed E-state index contributed by atoms with van der Waals surface area (Å²) in [6.45, 7) is 0. The number of halogens is 2. The molecule has 0 saturated heterocycles. The summed E-state index contributed by atoms with van der Waals surface area (Å²) in [4.78, 5) is 0. The third-order valence-electron chi connectivity index (χ3n) is 0. The molecule has 0 rings (SSSR count). The second kappa shape index (κ2) is 141. The molecule has 0 atom stereocenters. The Morgan fingerprint density at radius 1 is 0.667 bits per heavy atom. The number of rotatable bonds is 0. The predicted molar refractivity (Wildman–Crippen MR) is 39.0 cm³/mol. The van der Waals surface area contributed by atoms with Gasteiger partial charge in [-0.3, -0.25) is 0 Å². The van der Waals surface area contributed by atoms with Gasteiger partial charge in [0.15, 0.2) is 0 Å². The van der Waals surface area contributed by atoms with E-state index in [9.17, 15) is 0 Å². The molecule has 0 aromatic carbocycles. The molecule has 0 saturated carbocycles. The molecular formula is H16Cl2N4O2Pt. The summed E-state index contributed by atoms with van der Waals surface area (Å²) in [7, 11) is 9.75. The Morgan fingerprint density at radius 3 is 0.667 bits per heavy atom. The zero-order chi connectivity index (χ0) is 2.71. The van der Waals surface area contributed by atoms with E-state index in [4.69, 9.17) is 18.8 Å². The normalized spacial score (nSPS) is 2.44. The molecule has 0 spiro atoms. The van der Waals surface area contributed by atoms with E-state index in [1.54, 1.807) is 0 Å². The summed E-state index contributed by atoms with van der Waals surface area (Å²) < 4.78 is 0. The molecule has 0 amide bonds. The van der Waals surface area contributed by atoms with Crippen molar-refractivity contribution in [2.45, 2.75) is 0 Å². The van der Waals surface area contributed by atoms with Crippen LogP contribution in [0, 0.1) is 0 Å². The Kier molecular flexibility index (Phi) is 1400. The molecule has 0 aliphatic rings. The molecule has 0 aliphatic carbocycles. The molecule has 0 aliphatic heterocycles. The molecule has 0 heterocycles. The topological polar surface area (TPSA) is 203 Å². The van der Waals surface area contributed by atoms with Gasteiger partial charge >= 0.3 is 35.3 Å². The molecule has 0 fully saturated rings. The van der Waals surface area contributed by atoms with E-state index < -0.39 is 16.5 Å². The molecular weight excluding hydrogens is 354 g/mol. The maximum absolute atomic E-state index is 4.88. The average Bonchev–Trinajstić information content (AvgIpc) is 0.918. The van der Waals surface area contributed by atoms with Gasteiger partial charge in [0, 0.05) is 0 Å². The van der Waals surface area contributed by atoms with Crippen molar-refractivity contribution in [2.75, 3.05) is 0 Å². The summed E-state index contributed by atoms with van der Waals surface area (Å²) in [5, 5.41) is 0. The molecule has 9 heteroatoms. The third kappa shape index (κ3) is 422. The van der Waals surface area contributed by atoms with E-state index in [0.717, 1.165) is 0 Å². The molecule has 0 aromatic rings. The van der Waals surface area contributed by atoms with Crippen LogP contribution in [0.5, 0.6) is 0 Å². The summed E-state index contributed by atoms with van der Waals surface area (Å²) >= 11 is -0.472. The van der Waals surface area contributed by atoms with Gasteiger partial charge in [-0.1, -0.05) is 0 Å². The number of hydrogen-bond donors (Lipinski definition) is 4. The van der Waals surface area contributed by atoms with Crippen molar-refractivity contribution >= 4 is 18.8 Å². The Balaban J connectivity index is -0.00000000133. The Bertz CT molecular complexity index is 16.5. The van der Waals surface area contributed by atoms with Crippen molar-refractivity contribution in [2.24, 2.45) is 0 Å². The van der Waals surface area contributed by atoms with Crippen molar-refractivity contribution < 1.29 is 27.4 Å². The van der Waals surface area contributed by atoms with Crippen LogP contribution in [0.4, 0.5) is 0 Å². The van der Waals surface area contributed by atoms with Gasteiger partial charge in [0.1, 0.15) is 0 Å². The van der Waals surface area contributed by atoms with Crippen LogP contribution >= 0.6 is 18.8 Å². The Labute approximate surface area is 71.0 Å². The molecule has 0 aromatic heterocycles. The van der Waals surface area contributed by atoms with E-state index >= 15 is 0 Å². The second-order valence-electron chi connectivity index (χ2n) is 0.0452. The molecule has 6 nitrogen and oxygen atoms in total. The van der Waals surface area contributed by atoms with E-state index in [1.807, 2.05) is 0 Å². The number of hydrogen-bond acceptors (Lipinski definition) is 4. The minimum atomic E-state index is -0.472. The van der Waals surface area contributed by atoms with Gasteiger partial charge in [-0.25, -0.2) is 0 Å². The summed E-state index contributed by atoms with van der Waals surface area (Å²) in [6, 6.07) is 0. The molecule has 16 N–H and O–H groups in total. The first-order chi connectivity index (χ1) is 1.41. The van der Waals surface area contributed by atoms with Crippen LogP contribution in [0.15, 0.2) is 0 Å². The van der Waals surface area contributed by atoms with Crippen molar-refractivity contribution in [3.05, 3.63) is 0 Å². The summed E-state index contributed by atoms with van der Waals surface area (Å²) in [5.41, 5.74) is 0. The van der Waals surface area contributed by atoms with Crippen LogP contribution in [-0.2, 0) is 16.5 Å². The molecule has 0 unspecified atom stereocenters. The van der Waals surface area contributed by atoms with Crippen LogP contribution in [0.2, 0.25) is 0 Å². The van der Waals surface area contributed by atoms with Gasteiger partial charge in [-0.05, 0) is 0 Å². The van der Waals surface area contributed by atoms with Gasteiger partial charge in [-0.15, -0.1) is 0 Å². The third-order valence-corrected chi connectivity index (χ3v) is 0. The molecule has 0 radical (unpaired) electrons. The van der Waals surface area contributed by atoms with Crippen molar-refractivity contribution in [1.29, 1.82) is 0 Å². The predicted octanol–water partition coefficient (Wildman–Crippen LogP) is 0.375. The van der Waals surface area contributed by atoms with Gasteiger partial charge in [0.2, 0.25) is 0 Å². The first-order valence-corrected chi connectivity index (χ1v) is 5.87. The Hall–Kier alpha value is 1.03.